The van der Waals surface area contributed by atoms with E-state index in [1.54, 1.807) is 42.5 Å². The third-order valence-corrected chi connectivity index (χ3v) is 7.28. The molecule has 35 heavy (non-hydrogen) atoms. The van der Waals surface area contributed by atoms with E-state index in [1.165, 1.54) is 23.4 Å². The monoisotopic (exact) mass is 543 g/mol. The number of nitrogens with zero attached hydrogens (tertiary/aromatic N) is 2. The average molecular weight is 545 g/mol. The van der Waals surface area contributed by atoms with Gasteiger partial charge in [0.15, 0.2) is 0 Å². The molecule has 8 nitrogen and oxygen atoms in total. The molecule has 0 fully saturated rings. The number of amides is 2. The van der Waals surface area contributed by atoms with Gasteiger partial charge >= 0.3 is 0 Å². The maximum absolute atomic E-state index is 13.3. The zero-order chi connectivity index (χ0) is 26.2. The van der Waals surface area contributed by atoms with Crippen LogP contribution in [-0.4, -0.2) is 58.1 Å². The van der Waals surface area contributed by atoms with Crippen molar-refractivity contribution in [1.82, 2.24) is 10.2 Å². The van der Waals surface area contributed by atoms with Crippen LogP contribution in [0.25, 0.3) is 0 Å². The molecule has 11 heteroatoms. The molecule has 0 spiro atoms. The molecule has 0 unspecified atom stereocenters. The molecule has 1 N–H and O–H groups in total. The molecule has 0 aromatic heterocycles. The Morgan fingerprint density at radius 1 is 1.11 bits per heavy atom. The molecule has 2 aromatic rings. The molecule has 1 atom stereocenters. The van der Waals surface area contributed by atoms with Crippen molar-refractivity contribution in [3.05, 3.63) is 58.1 Å². The molecule has 192 valence electrons. The Labute approximate surface area is 217 Å². The van der Waals surface area contributed by atoms with Crippen LogP contribution in [0, 0.1) is 0 Å². The van der Waals surface area contributed by atoms with E-state index in [-0.39, 0.29) is 37.7 Å². The van der Waals surface area contributed by atoms with Gasteiger partial charge in [0.1, 0.15) is 11.8 Å². The lowest BCUT2D eigenvalue weighted by atomic mass is 10.1. The van der Waals surface area contributed by atoms with Crippen molar-refractivity contribution < 1.29 is 22.7 Å². The van der Waals surface area contributed by atoms with Gasteiger partial charge in [0, 0.05) is 36.6 Å². The van der Waals surface area contributed by atoms with E-state index in [2.05, 4.69) is 5.32 Å². The highest BCUT2D eigenvalue weighted by Crippen LogP contribution is 2.25. The van der Waals surface area contributed by atoms with Gasteiger partial charge in [-0.2, -0.15) is 0 Å². The fourth-order valence-corrected chi connectivity index (χ4v) is 5.11. The maximum atomic E-state index is 13.3. The van der Waals surface area contributed by atoms with Crippen molar-refractivity contribution in [2.75, 3.05) is 31.3 Å². The summed E-state index contributed by atoms with van der Waals surface area (Å²) in [5, 5.41) is 3.46. The van der Waals surface area contributed by atoms with Crippen LogP contribution in [0.1, 0.15) is 31.7 Å². The smallest absolute Gasteiger partial charge is 0.242 e. The van der Waals surface area contributed by atoms with E-state index < -0.39 is 16.1 Å². The Kier molecular flexibility index (Phi) is 10.7. The second-order valence-electron chi connectivity index (χ2n) is 7.93. The lowest BCUT2D eigenvalue weighted by Crippen LogP contribution is -2.48. The highest BCUT2D eigenvalue weighted by molar-refractivity contribution is 7.92. The number of halogens is 2. The maximum Gasteiger partial charge on any atom is 0.242 e. The van der Waals surface area contributed by atoms with Crippen LogP contribution in [0.4, 0.5) is 5.69 Å². The van der Waals surface area contributed by atoms with E-state index in [1.807, 2.05) is 6.92 Å². The number of likely N-dealkylation sites (N-methyl/N-ethyl adjacent to an activating group) is 1. The second kappa shape index (κ2) is 13.0. The normalized spacial score (nSPS) is 12.1. The summed E-state index contributed by atoms with van der Waals surface area (Å²) in [7, 11) is -0.535. The molecule has 0 bridgehead atoms. The minimum atomic E-state index is -3.58. The van der Waals surface area contributed by atoms with Crippen molar-refractivity contribution in [1.29, 1.82) is 0 Å². The summed E-state index contributed by atoms with van der Waals surface area (Å²) in [6.07, 6.45) is 1.82. The summed E-state index contributed by atoms with van der Waals surface area (Å²) in [6.45, 7) is 2.04. The van der Waals surface area contributed by atoms with Gasteiger partial charge in [-0.15, -0.1) is 0 Å². The third-order valence-electron chi connectivity index (χ3n) is 5.50. The van der Waals surface area contributed by atoms with Gasteiger partial charge in [0.25, 0.3) is 0 Å². The third kappa shape index (κ3) is 8.02. The summed E-state index contributed by atoms with van der Waals surface area (Å²) >= 11 is 12.3. The van der Waals surface area contributed by atoms with Crippen LogP contribution in [0.5, 0.6) is 5.75 Å². The van der Waals surface area contributed by atoms with Gasteiger partial charge in [-0.1, -0.05) is 36.2 Å². The molecular weight excluding hydrogens is 513 g/mol. The molecular formula is C24H31Cl2N3O5S. The Bertz CT molecular complexity index is 1130. The lowest BCUT2D eigenvalue weighted by Gasteiger charge is -2.31. The largest absolute Gasteiger partial charge is 0.497 e. The SMILES string of the molecule is CC[C@H](C(=O)NC)N(Cc1ccc(Cl)cc1Cl)C(=O)CCCN(c1ccc(OC)cc1)S(C)(=O)=O. The first-order chi connectivity index (χ1) is 16.5. The van der Waals surface area contributed by atoms with Gasteiger partial charge in [-0.05, 0) is 54.8 Å². The van der Waals surface area contributed by atoms with E-state index in [4.69, 9.17) is 27.9 Å². The van der Waals surface area contributed by atoms with Crippen LogP contribution in [-0.2, 0) is 26.2 Å². The molecule has 2 aromatic carbocycles. The van der Waals surface area contributed by atoms with Crippen LogP contribution < -0.4 is 14.4 Å². The van der Waals surface area contributed by atoms with Gasteiger partial charge in [-0.25, -0.2) is 8.42 Å². The Balaban J connectivity index is 2.21. The number of rotatable bonds is 12. The Morgan fingerprint density at radius 2 is 1.77 bits per heavy atom. The first-order valence-electron chi connectivity index (χ1n) is 11.1. The lowest BCUT2D eigenvalue weighted by molar-refractivity contribution is -0.141. The number of benzene rings is 2. The van der Waals surface area contributed by atoms with Crippen LogP contribution in [0.2, 0.25) is 10.0 Å². The number of ether oxygens (including phenoxy) is 1. The van der Waals surface area contributed by atoms with Gasteiger partial charge in [-0.3, -0.25) is 13.9 Å². The van der Waals surface area contributed by atoms with Gasteiger partial charge < -0.3 is 15.0 Å². The first kappa shape index (κ1) is 28.7. The van der Waals surface area contributed by atoms with E-state index >= 15 is 0 Å². The van der Waals surface area contributed by atoms with Crippen molar-refractivity contribution in [2.24, 2.45) is 0 Å². The minimum Gasteiger partial charge on any atom is -0.497 e. The zero-order valence-electron chi connectivity index (χ0n) is 20.3. The van der Waals surface area contributed by atoms with E-state index in [0.717, 1.165) is 6.26 Å². The number of sulfonamides is 1. The summed E-state index contributed by atoms with van der Waals surface area (Å²) in [5.41, 5.74) is 1.13. The van der Waals surface area contributed by atoms with Crippen molar-refractivity contribution in [3.8, 4) is 5.75 Å². The predicted molar refractivity (Wildman–Crippen MR) is 140 cm³/mol. The van der Waals surface area contributed by atoms with Crippen molar-refractivity contribution >= 4 is 50.7 Å². The average Bonchev–Trinajstić information content (AvgIpc) is 2.82. The second-order valence-corrected chi connectivity index (χ2v) is 10.7. The molecule has 0 aliphatic heterocycles. The summed E-state index contributed by atoms with van der Waals surface area (Å²) in [6, 6.07) is 10.9. The fourth-order valence-electron chi connectivity index (χ4n) is 3.67. The molecule has 0 heterocycles. The number of nitrogens with one attached hydrogen (secondary N) is 1. The molecule has 0 saturated carbocycles. The standard InChI is InChI=1S/C24H31Cl2N3O5S/c1-5-22(24(31)27-2)28(16-17-8-9-18(25)15-21(17)26)23(30)7-6-14-29(35(4,32)33)19-10-12-20(34-3)13-11-19/h8-13,15,22H,5-7,14,16H2,1-4H3,(H,27,31)/t22-/m1/s1. The molecule has 0 saturated heterocycles. The number of hydrogen-bond donors (Lipinski definition) is 1. The number of carbonyl (C=O) groups excluding carboxylic acids is 2. The predicted octanol–water partition coefficient (Wildman–Crippen LogP) is 4.10. The highest BCUT2D eigenvalue weighted by Gasteiger charge is 2.28. The van der Waals surface area contributed by atoms with E-state index in [0.29, 0.717) is 33.5 Å². The minimum absolute atomic E-state index is 0.0425. The number of methoxy groups -OCH3 is 1. The molecule has 2 amide bonds. The number of carbonyl (C=O) groups is 2. The number of hydrogen-bond acceptors (Lipinski definition) is 5. The summed E-state index contributed by atoms with van der Waals surface area (Å²) in [4.78, 5) is 27.3. The zero-order valence-corrected chi connectivity index (χ0v) is 22.6. The Hall–Kier alpha value is -2.49. The molecule has 0 aliphatic rings. The molecule has 0 radical (unpaired) electrons. The number of anilines is 1. The quantitative estimate of drug-likeness (QED) is 0.434. The first-order valence-corrected chi connectivity index (χ1v) is 13.7. The van der Waals surface area contributed by atoms with Gasteiger partial charge in [0.2, 0.25) is 21.8 Å². The molecule has 0 aliphatic carbocycles. The van der Waals surface area contributed by atoms with Crippen molar-refractivity contribution in [2.45, 2.75) is 38.8 Å². The fraction of sp³-hybridized carbons (Fsp3) is 0.417. The van der Waals surface area contributed by atoms with E-state index in [9.17, 15) is 18.0 Å². The Morgan fingerprint density at radius 3 is 2.29 bits per heavy atom. The van der Waals surface area contributed by atoms with Crippen molar-refractivity contribution in [3.63, 3.8) is 0 Å². The van der Waals surface area contributed by atoms with Crippen LogP contribution in [0.3, 0.4) is 0 Å². The van der Waals surface area contributed by atoms with Crippen LogP contribution >= 0.6 is 23.2 Å². The summed E-state index contributed by atoms with van der Waals surface area (Å²) in [5.74, 6) is 0.0327. The van der Waals surface area contributed by atoms with Crippen LogP contribution in [0.15, 0.2) is 42.5 Å². The molecule has 2 rings (SSSR count). The summed E-state index contributed by atoms with van der Waals surface area (Å²) < 4.78 is 31.2. The topological polar surface area (TPSA) is 96.0 Å². The van der Waals surface area contributed by atoms with Gasteiger partial charge in [0.05, 0.1) is 19.1 Å². The highest BCUT2D eigenvalue weighted by atomic mass is 35.5.